The number of hydrogen-bond donors (Lipinski definition) is 1. The summed E-state index contributed by atoms with van der Waals surface area (Å²) in [5, 5.41) is 2.96. The van der Waals surface area contributed by atoms with Crippen molar-refractivity contribution in [3.05, 3.63) is 60.2 Å². The van der Waals surface area contributed by atoms with Crippen LogP contribution in [0.1, 0.15) is 16.8 Å². The highest BCUT2D eigenvalue weighted by Gasteiger charge is 2.16. The van der Waals surface area contributed by atoms with Crippen molar-refractivity contribution in [1.29, 1.82) is 0 Å². The predicted molar refractivity (Wildman–Crippen MR) is 84.2 cm³/mol. The van der Waals surface area contributed by atoms with Crippen molar-refractivity contribution in [3.63, 3.8) is 0 Å². The van der Waals surface area contributed by atoms with Gasteiger partial charge in [0.1, 0.15) is 11.5 Å². The Morgan fingerprint density at radius 2 is 1.95 bits per heavy atom. The van der Waals surface area contributed by atoms with Crippen LogP contribution in [0.15, 0.2) is 54.6 Å². The smallest absolute Gasteiger partial charge is 0.251 e. The summed E-state index contributed by atoms with van der Waals surface area (Å²) in [7, 11) is 0. The van der Waals surface area contributed by atoms with Crippen LogP contribution < -0.4 is 10.1 Å². The Morgan fingerprint density at radius 1 is 1.14 bits per heavy atom. The van der Waals surface area contributed by atoms with Crippen molar-refractivity contribution in [1.82, 2.24) is 5.32 Å². The summed E-state index contributed by atoms with van der Waals surface area (Å²) in [6.07, 6.45) is 1.01. The number of benzene rings is 2. The number of hydrogen-bond acceptors (Lipinski definition) is 3. The van der Waals surface area contributed by atoms with Gasteiger partial charge < -0.3 is 14.8 Å². The number of rotatable bonds is 5. The van der Waals surface area contributed by atoms with Gasteiger partial charge in [0.05, 0.1) is 6.61 Å². The molecule has 0 saturated carbocycles. The maximum Gasteiger partial charge on any atom is 0.251 e. The average molecular weight is 297 g/mol. The zero-order valence-corrected chi connectivity index (χ0v) is 12.3. The van der Waals surface area contributed by atoms with Gasteiger partial charge in [-0.2, -0.15) is 0 Å². The molecular weight excluding hydrogens is 278 g/mol. The molecule has 1 saturated heterocycles. The topological polar surface area (TPSA) is 47.6 Å². The molecule has 0 aromatic heterocycles. The lowest BCUT2D eigenvalue weighted by atomic mass is 10.1. The van der Waals surface area contributed by atoms with Gasteiger partial charge in [0.15, 0.2) is 0 Å². The highest BCUT2D eigenvalue weighted by atomic mass is 16.5. The van der Waals surface area contributed by atoms with Crippen LogP contribution in [0.25, 0.3) is 0 Å². The van der Waals surface area contributed by atoms with Crippen molar-refractivity contribution < 1.29 is 14.3 Å². The third kappa shape index (κ3) is 3.86. The number of amides is 1. The molecule has 4 heteroatoms. The molecule has 1 aliphatic rings. The summed E-state index contributed by atoms with van der Waals surface area (Å²) >= 11 is 0. The minimum absolute atomic E-state index is 0.0783. The van der Waals surface area contributed by atoms with Crippen LogP contribution >= 0.6 is 0 Å². The van der Waals surface area contributed by atoms with Gasteiger partial charge in [-0.3, -0.25) is 4.79 Å². The number of carbonyl (C=O) groups excluding carboxylic acids is 1. The van der Waals surface area contributed by atoms with Gasteiger partial charge in [-0.15, -0.1) is 0 Å². The van der Waals surface area contributed by atoms with Gasteiger partial charge in [-0.1, -0.05) is 24.3 Å². The number of carbonyl (C=O) groups is 1. The second-order valence-electron chi connectivity index (χ2n) is 5.38. The van der Waals surface area contributed by atoms with E-state index >= 15 is 0 Å². The van der Waals surface area contributed by atoms with Crippen LogP contribution in [0, 0.1) is 5.92 Å². The third-order valence-corrected chi connectivity index (χ3v) is 3.65. The van der Waals surface area contributed by atoms with E-state index in [2.05, 4.69) is 5.32 Å². The Hall–Kier alpha value is -2.33. The Bertz CT molecular complexity index is 621. The summed E-state index contributed by atoms with van der Waals surface area (Å²) in [5.74, 6) is 1.75. The number of para-hydroxylation sites is 1. The molecule has 1 atom stereocenters. The molecule has 1 aliphatic heterocycles. The van der Waals surface area contributed by atoms with Crippen molar-refractivity contribution in [2.45, 2.75) is 6.42 Å². The van der Waals surface area contributed by atoms with E-state index in [1.54, 1.807) is 12.1 Å². The molecule has 1 N–H and O–H groups in total. The first kappa shape index (κ1) is 14.6. The van der Waals surface area contributed by atoms with Crippen LogP contribution in [0.4, 0.5) is 0 Å². The zero-order valence-electron chi connectivity index (χ0n) is 12.3. The van der Waals surface area contributed by atoms with E-state index in [1.165, 1.54) is 0 Å². The lowest BCUT2D eigenvalue weighted by Crippen LogP contribution is -2.29. The first-order valence-electron chi connectivity index (χ1n) is 7.50. The van der Waals surface area contributed by atoms with Crippen LogP contribution in [0.2, 0.25) is 0 Å². The second kappa shape index (κ2) is 7.09. The quantitative estimate of drug-likeness (QED) is 0.921. The second-order valence-corrected chi connectivity index (χ2v) is 5.38. The molecule has 4 nitrogen and oxygen atoms in total. The van der Waals surface area contributed by atoms with E-state index in [4.69, 9.17) is 9.47 Å². The molecule has 0 radical (unpaired) electrons. The van der Waals surface area contributed by atoms with Gasteiger partial charge in [-0.05, 0) is 36.8 Å². The lowest BCUT2D eigenvalue weighted by Gasteiger charge is -2.10. The van der Waals surface area contributed by atoms with Crippen LogP contribution in [-0.2, 0) is 4.74 Å². The van der Waals surface area contributed by atoms with E-state index in [9.17, 15) is 4.79 Å². The Kier molecular flexibility index (Phi) is 4.71. The molecule has 0 aliphatic carbocycles. The lowest BCUT2D eigenvalue weighted by molar-refractivity contribution is 0.0944. The summed E-state index contributed by atoms with van der Waals surface area (Å²) in [5.41, 5.74) is 0.604. The van der Waals surface area contributed by atoms with Gasteiger partial charge in [0.25, 0.3) is 5.91 Å². The molecule has 2 aromatic carbocycles. The van der Waals surface area contributed by atoms with Crippen molar-refractivity contribution in [2.24, 2.45) is 5.92 Å². The summed E-state index contributed by atoms with van der Waals surface area (Å²) in [6, 6.07) is 16.7. The van der Waals surface area contributed by atoms with Gasteiger partial charge in [0.2, 0.25) is 0 Å². The molecule has 1 amide bonds. The fourth-order valence-electron chi connectivity index (χ4n) is 2.41. The average Bonchev–Trinajstić information content (AvgIpc) is 3.07. The van der Waals surface area contributed by atoms with Crippen molar-refractivity contribution in [3.8, 4) is 11.5 Å². The number of nitrogens with one attached hydrogen (secondary N) is 1. The Morgan fingerprint density at radius 3 is 2.73 bits per heavy atom. The molecule has 3 rings (SSSR count). The highest BCUT2D eigenvalue weighted by Crippen LogP contribution is 2.21. The molecule has 0 spiro atoms. The predicted octanol–water partition coefficient (Wildman–Crippen LogP) is 3.25. The van der Waals surface area contributed by atoms with E-state index in [1.807, 2.05) is 42.5 Å². The fourth-order valence-corrected chi connectivity index (χ4v) is 2.41. The first-order chi connectivity index (χ1) is 10.8. The third-order valence-electron chi connectivity index (χ3n) is 3.65. The SMILES string of the molecule is O=C(NCC1CCOC1)c1cccc(Oc2ccccc2)c1. The van der Waals surface area contributed by atoms with E-state index in [-0.39, 0.29) is 5.91 Å². The van der Waals surface area contributed by atoms with Crippen molar-refractivity contribution in [2.75, 3.05) is 19.8 Å². The van der Waals surface area contributed by atoms with E-state index in [0.717, 1.165) is 25.4 Å². The number of ether oxygens (including phenoxy) is 2. The monoisotopic (exact) mass is 297 g/mol. The van der Waals surface area contributed by atoms with Crippen molar-refractivity contribution >= 4 is 5.91 Å². The Labute approximate surface area is 130 Å². The van der Waals surface area contributed by atoms with Crippen LogP contribution in [-0.4, -0.2) is 25.7 Å². The van der Waals surface area contributed by atoms with Crippen LogP contribution in [0.3, 0.4) is 0 Å². The molecule has 1 heterocycles. The van der Waals surface area contributed by atoms with Gasteiger partial charge in [-0.25, -0.2) is 0 Å². The standard InChI is InChI=1S/C18H19NO3/c20-18(19-12-14-9-10-21-13-14)15-5-4-8-17(11-15)22-16-6-2-1-3-7-16/h1-8,11,14H,9-10,12-13H2,(H,19,20). The largest absolute Gasteiger partial charge is 0.457 e. The van der Waals surface area contributed by atoms with Gasteiger partial charge in [0, 0.05) is 24.6 Å². The molecule has 114 valence electrons. The maximum absolute atomic E-state index is 12.2. The van der Waals surface area contributed by atoms with Gasteiger partial charge >= 0.3 is 0 Å². The summed E-state index contributed by atoms with van der Waals surface area (Å²) in [6.45, 7) is 2.18. The minimum Gasteiger partial charge on any atom is -0.457 e. The normalized spacial score (nSPS) is 17.2. The van der Waals surface area contributed by atoms with E-state index < -0.39 is 0 Å². The summed E-state index contributed by atoms with van der Waals surface area (Å²) in [4.78, 5) is 12.2. The highest BCUT2D eigenvalue weighted by molar-refractivity contribution is 5.94. The Balaban J connectivity index is 1.61. The summed E-state index contributed by atoms with van der Waals surface area (Å²) < 4.78 is 11.1. The van der Waals surface area contributed by atoms with Crippen LogP contribution in [0.5, 0.6) is 11.5 Å². The molecule has 22 heavy (non-hydrogen) atoms. The fraction of sp³-hybridized carbons (Fsp3) is 0.278. The molecular formula is C18H19NO3. The minimum atomic E-state index is -0.0783. The molecule has 0 bridgehead atoms. The molecule has 2 aromatic rings. The molecule has 1 unspecified atom stereocenters. The zero-order chi connectivity index (χ0) is 15.2. The van der Waals surface area contributed by atoms with E-state index in [0.29, 0.717) is 23.8 Å². The maximum atomic E-state index is 12.2. The first-order valence-corrected chi connectivity index (χ1v) is 7.50. The molecule has 1 fully saturated rings.